The summed E-state index contributed by atoms with van der Waals surface area (Å²) in [6.45, 7) is 15.0. The lowest BCUT2D eigenvalue weighted by atomic mass is 9.66. The smallest absolute Gasteiger partial charge is 0.192 e. The molecule has 0 unspecified atom stereocenters. The first kappa shape index (κ1) is 25.4. The molecule has 1 heterocycles. The highest BCUT2D eigenvalue weighted by molar-refractivity contribution is 6.74. The van der Waals surface area contributed by atoms with Gasteiger partial charge in [0.05, 0.1) is 12.2 Å². The molecule has 1 saturated carbocycles. The van der Waals surface area contributed by atoms with Gasteiger partial charge in [-0.3, -0.25) is 0 Å². The van der Waals surface area contributed by atoms with E-state index in [2.05, 4.69) is 46.1 Å². The van der Waals surface area contributed by atoms with Crippen molar-refractivity contribution in [2.45, 2.75) is 147 Å². The molecule has 1 saturated heterocycles. The summed E-state index contributed by atoms with van der Waals surface area (Å²) in [6, 6.07) is 0. The predicted molar refractivity (Wildman–Crippen MR) is 128 cm³/mol. The molecule has 0 bridgehead atoms. The average molecular weight is 426 g/mol. The van der Waals surface area contributed by atoms with Crippen LogP contribution in [0.5, 0.6) is 0 Å². The van der Waals surface area contributed by atoms with Gasteiger partial charge < -0.3 is 14.8 Å². The third kappa shape index (κ3) is 7.33. The molecule has 4 heteroatoms. The monoisotopic (exact) mass is 425 g/mol. The summed E-state index contributed by atoms with van der Waals surface area (Å²) in [5.41, 5.74) is 0.313. The van der Waals surface area contributed by atoms with Gasteiger partial charge in [0, 0.05) is 12.1 Å². The Hall–Kier alpha value is 0.0969. The number of hydrogen-bond acceptors (Lipinski definition) is 3. The number of rotatable bonds is 10. The Labute approximate surface area is 182 Å². The normalized spacial score (nSPS) is 29.9. The number of piperidine rings is 1. The molecule has 0 aromatic carbocycles. The zero-order valence-electron chi connectivity index (χ0n) is 20.5. The highest BCUT2D eigenvalue weighted by Gasteiger charge is 2.45. The average Bonchev–Trinajstić information content (AvgIpc) is 2.65. The number of aliphatic hydroxyl groups is 1. The third-order valence-electron chi connectivity index (χ3n) is 8.31. The van der Waals surface area contributed by atoms with Crippen molar-refractivity contribution < 1.29 is 9.53 Å². The topological polar surface area (TPSA) is 41.5 Å². The maximum atomic E-state index is 10.5. The summed E-state index contributed by atoms with van der Waals surface area (Å²) < 4.78 is 6.71. The molecule has 0 amide bonds. The van der Waals surface area contributed by atoms with Gasteiger partial charge in [-0.05, 0) is 69.0 Å². The molecule has 3 nitrogen and oxygen atoms in total. The molecule has 1 aliphatic heterocycles. The standard InChI is InChI=1S/C25H51NO2Si/c1-7-8-9-10-14-22(27)16-15-21-13-11-12-18-25(21)19-17-23(20-26-25)28-29(5,6)24(2,3)4/h21-23,26-27H,7-20H2,1-6H3/t21-,22+,23+,25-/m1/s1. The zero-order chi connectivity index (χ0) is 21.5. The Bertz CT molecular complexity index is 466. The second-order valence-corrected chi connectivity index (χ2v) is 16.4. The van der Waals surface area contributed by atoms with Crippen molar-refractivity contribution in [3.63, 3.8) is 0 Å². The van der Waals surface area contributed by atoms with Gasteiger partial charge in [-0.25, -0.2) is 0 Å². The van der Waals surface area contributed by atoms with E-state index in [1.807, 2.05) is 0 Å². The van der Waals surface area contributed by atoms with Crippen LogP contribution in [0, 0.1) is 5.92 Å². The largest absolute Gasteiger partial charge is 0.413 e. The van der Waals surface area contributed by atoms with Crippen LogP contribution in [0.15, 0.2) is 0 Å². The van der Waals surface area contributed by atoms with Crippen LogP contribution < -0.4 is 5.32 Å². The van der Waals surface area contributed by atoms with Crippen molar-refractivity contribution in [1.82, 2.24) is 5.32 Å². The maximum Gasteiger partial charge on any atom is 0.192 e. The first-order chi connectivity index (χ1) is 13.6. The van der Waals surface area contributed by atoms with E-state index in [0.717, 1.165) is 25.3 Å². The molecule has 0 aromatic heterocycles. The molecule has 2 aliphatic rings. The SMILES string of the molecule is CCCCCC[C@H](O)CC[C@H]1CCCC[C@@]12CC[C@H](O[Si](C)(C)C(C)(C)C)CN2. The number of unbranched alkanes of at least 4 members (excludes halogenated alkanes) is 3. The van der Waals surface area contributed by atoms with Crippen LogP contribution in [-0.2, 0) is 4.43 Å². The van der Waals surface area contributed by atoms with Gasteiger partial charge in [0.25, 0.3) is 0 Å². The number of nitrogens with one attached hydrogen (secondary N) is 1. The molecule has 172 valence electrons. The van der Waals surface area contributed by atoms with Gasteiger partial charge in [0.1, 0.15) is 0 Å². The maximum absolute atomic E-state index is 10.5. The van der Waals surface area contributed by atoms with Crippen molar-refractivity contribution >= 4 is 8.32 Å². The van der Waals surface area contributed by atoms with E-state index < -0.39 is 8.32 Å². The molecular formula is C25H51NO2Si. The van der Waals surface area contributed by atoms with Crippen LogP contribution in [-0.4, -0.2) is 37.7 Å². The highest BCUT2D eigenvalue weighted by Crippen LogP contribution is 2.44. The first-order valence-electron chi connectivity index (χ1n) is 12.7. The van der Waals surface area contributed by atoms with E-state index in [4.69, 9.17) is 4.43 Å². The fourth-order valence-corrected chi connectivity index (χ4v) is 6.65. The van der Waals surface area contributed by atoms with Crippen LogP contribution in [0.4, 0.5) is 0 Å². The lowest BCUT2D eigenvalue weighted by Gasteiger charge is -2.51. The summed E-state index contributed by atoms with van der Waals surface area (Å²) in [7, 11) is -1.69. The lowest BCUT2D eigenvalue weighted by molar-refractivity contribution is 0.0356. The van der Waals surface area contributed by atoms with Crippen molar-refractivity contribution in [3.05, 3.63) is 0 Å². The van der Waals surface area contributed by atoms with E-state index >= 15 is 0 Å². The van der Waals surface area contributed by atoms with E-state index in [1.54, 1.807) is 0 Å². The molecule has 29 heavy (non-hydrogen) atoms. The van der Waals surface area contributed by atoms with E-state index in [0.29, 0.717) is 11.6 Å². The predicted octanol–water partition coefficient (Wildman–Crippen LogP) is 6.80. The highest BCUT2D eigenvalue weighted by atomic mass is 28.4. The fraction of sp³-hybridized carbons (Fsp3) is 1.00. The Balaban J connectivity index is 1.83. The molecule has 2 N–H and O–H groups in total. The molecule has 4 atom stereocenters. The molecule has 1 spiro atoms. The summed E-state index contributed by atoms with van der Waals surface area (Å²) in [5, 5.41) is 14.8. The van der Waals surface area contributed by atoms with E-state index in [1.165, 1.54) is 70.6 Å². The lowest BCUT2D eigenvalue weighted by Crippen LogP contribution is -2.60. The van der Waals surface area contributed by atoms with Crippen LogP contribution in [0.3, 0.4) is 0 Å². The summed E-state index contributed by atoms with van der Waals surface area (Å²) >= 11 is 0. The summed E-state index contributed by atoms with van der Waals surface area (Å²) in [6.07, 6.45) is 16.3. The van der Waals surface area contributed by atoms with Crippen molar-refractivity contribution in [2.75, 3.05) is 6.54 Å². The van der Waals surface area contributed by atoms with Crippen molar-refractivity contribution in [2.24, 2.45) is 5.92 Å². The first-order valence-corrected chi connectivity index (χ1v) is 15.6. The van der Waals surface area contributed by atoms with Gasteiger partial charge >= 0.3 is 0 Å². The summed E-state index contributed by atoms with van der Waals surface area (Å²) in [4.78, 5) is 0. The quantitative estimate of drug-likeness (QED) is 0.299. The molecule has 2 rings (SSSR count). The van der Waals surface area contributed by atoms with Gasteiger partial charge in [0.15, 0.2) is 8.32 Å². The van der Waals surface area contributed by atoms with Gasteiger partial charge in [-0.2, -0.15) is 0 Å². The van der Waals surface area contributed by atoms with Crippen molar-refractivity contribution in [1.29, 1.82) is 0 Å². The number of aliphatic hydroxyl groups excluding tert-OH is 1. The van der Waals surface area contributed by atoms with E-state index in [9.17, 15) is 5.11 Å². The van der Waals surface area contributed by atoms with Crippen LogP contribution in [0.1, 0.15) is 111 Å². The third-order valence-corrected chi connectivity index (χ3v) is 12.8. The minimum absolute atomic E-state index is 0.0934. The molecule has 0 radical (unpaired) electrons. The molecule has 1 aliphatic carbocycles. The minimum atomic E-state index is -1.69. The molecule has 0 aromatic rings. The van der Waals surface area contributed by atoms with Gasteiger partial charge in [-0.15, -0.1) is 0 Å². The molecule has 2 fully saturated rings. The Morgan fingerprint density at radius 1 is 1.07 bits per heavy atom. The second-order valence-electron chi connectivity index (χ2n) is 11.6. The Kier molecular flexibility index (Phi) is 9.71. The Morgan fingerprint density at radius 3 is 2.45 bits per heavy atom. The second kappa shape index (κ2) is 11.1. The van der Waals surface area contributed by atoms with Gasteiger partial charge in [-0.1, -0.05) is 66.2 Å². The fourth-order valence-electron chi connectivity index (χ4n) is 5.26. The summed E-state index contributed by atoms with van der Waals surface area (Å²) in [5.74, 6) is 0.732. The van der Waals surface area contributed by atoms with Crippen LogP contribution in [0.2, 0.25) is 18.1 Å². The van der Waals surface area contributed by atoms with Crippen molar-refractivity contribution in [3.8, 4) is 0 Å². The van der Waals surface area contributed by atoms with E-state index in [-0.39, 0.29) is 11.1 Å². The Morgan fingerprint density at radius 2 is 1.83 bits per heavy atom. The van der Waals surface area contributed by atoms with Crippen LogP contribution >= 0.6 is 0 Å². The minimum Gasteiger partial charge on any atom is -0.413 e. The molecular weight excluding hydrogens is 374 g/mol. The van der Waals surface area contributed by atoms with Gasteiger partial charge in [0.2, 0.25) is 0 Å². The zero-order valence-corrected chi connectivity index (χ0v) is 21.5. The number of hydrogen-bond donors (Lipinski definition) is 2. The van der Waals surface area contributed by atoms with Crippen LogP contribution in [0.25, 0.3) is 0 Å².